The van der Waals surface area contributed by atoms with E-state index in [-0.39, 0.29) is 11.3 Å². The Morgan fingerprint density at radius 1 is 1.14 bits per heavy atom. The third-order valence-electron chi connectivity index (χ3n) is 3.19. The van der Waals surface area contributed by atoms with E-state index in [0.29, 0.717) is 15.6 Å². The van der Waals surface area contributed by atoms with Crippen molar-refractivity contribution in [2.24, 2.45) is 0 Å². The number of hydrogen-bond donors (Lipinski definition) is 2. The van der Waals surface area contributed by atoms with E-state index in [0.717, 1.165) is 11.1 Å². The molecule has 21 heavy (non-hydrogen) atoms. The van der Waals surface area contributed by atoms with Gasteiger partial charge in [0.25, 0.3) is 0 Å². The summed E-state index contributed by atoms with van der Waals surface area (Å²) in [7, 11) is 0. The van der Waals surface area contributed by atoms with E-state index in [1.54, 1.807) is 18.2 Å². The number of aliphatic carboxylic acids is 1. The van der Waals surface area contributed by atoms with Gasteiger partial charge >= 0.3 is 5.97 Å². The van der Waals surface area contributed by atoms with E-state index < -0.39 is 5.97 Å². The van der Waals surface area contributed by atoms with Crippen LogP contribution in [-0.4, -0.2) is 16.2 Å². The van der Waals surface area contributed by atoms with Crippen molar-refractivity contribution >= 4 is 33.5 Å². The fourth-order valence-corrected chi connectivity index (χ4v) is 2.55. The van der Waals surface area contributed by atoms with Crippen LogP contribution in [0.25, 0.3) is 11.6 Å². The van der Waals surface area contributed by atoms with Gasteiger partial charge in [-0.2, -0.15) is 0 Å². The molecule has 2 N–H and O–H groups in total. The minimum atomic E-state index is -0.980. The Morgan fingerprint density at radius 2 is 1.86 bits per heavy atom. The van der Waals surface area contributed by atoms with E-state index >= 15 is 0 Å². The van der Waals surface area contributed by atoms with Crippen LogP contribution in [0.1, 0.15) is 22.3 Å². The molecule has 0 unspecified atom stereocenters. The average molecular weight is 347 g/mol. The van der Waals surface area contributed by atoms with Crippen molar-refractivity contribution in [2.45, 2.75) is 13.8 Å². The number of carboxylic acids is 1. The minimum Gasteiger partial charge on any atom is -0.507 e. The van der Waals surface area contributed by atoms with Gasteiger partial charge in [0.05, 0.1) is 10.0 Å². The SMILES string of the molecule is Cc1ccc(/C(=C/c2ccc(O)c(Br)c2)C(=O)O)c(C)c1. The molecule has 0 aliphatic heterocycles. The normalized spacial score (nSPS) is 11.5. The Kier molecular flexibility index (Phi) is 4.48. The summed E-state index contributed by atoms with van der Waals surface area (Å²) < 4.78 is 0.529. The highest BCUT2D eigenvalue weighted by Crippen LogP contribution is 2.28. The topological polar surface area (TPSA) is 57.5 Å². The molecule has 0 aliphatic carbocycles. The third-order valence-corrected chi connectivity index (χ3v) is 3.82. The number of benzene rings is 2. The zero-order valence-electron chi connectivity index (χ0n) is 11.7. The Balaban J connectivity index is 2.55. The number of aromatic hydroxyl groups is 1. The summed E-state index contributed by atoms with van der Waals surface area (Å²) in [5.74, 6) is -0.860. The van der Waals surface area contributed by atoms with Gasteiger partial charge in [0.2, 0.25) is 0 Å². The summed E-state index contributed by atoms with van der Waals surface area (Å²) in [6, 6.07) is 10.6. The van der Waals surface area contributed by atoms with Gasteiger partial charge in [0.1, 0.15) is 5.75 Å². The maximum absolute atomic E-state index is 11.6. The number of hydrogen-bond acceptors (Lipinski definition) is 2. The lowest BCUT2D eigenvalue weighted by Gasteiger charge is -2.08. The highest BCUT2D eigenvalue weighted by molar-refractivity contribution is 9.10. The van der Waals surface area contributed by atoms with E-state index in [2.05, 4.69) is 15.9 Å². The van der Waals surface area contributed by atoms with Crippen molar-refractivity contribution in [1.29, 1.82) is 0 Å². The van der Waals surface area contributed by atoms with Gasteiger partial charge in [-0.3, -0.25) is 0 Å². The molecule has 0 aromatic heterocycles. The zero-order chi connectivity index (χ0) is 15.6. The number of phenols is 1. The fraction of sp³-hybridized carbons (Fsp3) is 0.118. The van der Waals surface area contributed by atoms with E-state index in [9.17, 15) is 15.0 Å². The average Bonchev–Trinajstić information content (AvgIpc) is 2.40. The highest BCUT2D eigenvalue weighted by Gasteiger charge is 2.13. The molecule has 0 saturated heterocycles. The largest absolute Gasteiger partial charge is 0.507 e. The van der Waals surface area contributed by atoms with Crippen LogP contribution in [0.5, 0.6) is 5.75 Å². The van der Waals surface area contributed by atoms with Crippen LogP contribution in [0.15, 0.2) is 40.9 Å². The molecule has 0 radical (unpaired) electrons. The molecular formula is C17H15BrO3. The van der Waals surface area contributed by atoms with Gasteiger partial charge in [-0.1, -0.05) is 29.8 Å². The Bertz CT molecular complexity index is 733. The summed E-state index contributed by atoms with van der Waals surface area (Å²) in [5, 5.41) is 19.0. The number of carboxylic acid groups (broad SMARTS) is 1. The summed E-state index contributed by atoms with van der Waals surface area (Å²) in [4.78, 5) is 11.6. The van der Waals surface area contributed by atoms with Crippen molar-refractivity contribution in [3.63, 3.8) is 0 Å². The van der Waals surface area contributed by atoms with Crippen LogP contribution in [0.2, 0.25) is 0 Å². The molecule has 0 amide bonds. The van der Waals surface area contributed by atoms with E-state index in [1.807, 2.05) is 32.0 Å². The molecular weight excluding hydrogens is 332 g/mol. The maximum Gasteiger partial charge on any atom is 0.336 e. The molecule has 0 spiro atoms. The molecule has 2 aromatic carbocycles. The van der Waals surface area contributed by atoms with Crippen LogP contribution >= 0.6 is 15.9 Å². The first-order valence-electron chi connectivity index (χ1n) is 6.39. The summed E-state index contributed by atoms with van der Waals surface area (Å²) in [5.41, 5.74) is 3.63. The van der Waals surface area contributed by atoms with Gasteiger partial charge < -0.3 is 10.2 Å². The number of carbonyl (C=O) groups is 1. The van der Waals surface area contributed by atoms with Crippen LogP contribution in [0, 0.1) is 13.8 Å². The number of halogens is 1. The Hall–Kier alpha value is -2.07. The molecule has 0 atom stereocenters. The quantitative estimate of drug-likeness (QED) is 0.639. The molecule has 2 rings (SSSR count). The molecule has 0 fully saturated rings. The summed E-state index contributed by atoms with van der Waals surface area (Å²) >= 11 is 3.23. The summed E-state index contributed by atoms with van der Waals surface area (Å²) in [6.45, 7) is 3.86. The fourth-order valence-electron chi connectivity index (χ4n) is 2.15. The second-order valence-corrected chi connectivity index (χ2v) is 5.75. The van der Waals surface area contributed by atoms with Gasteiger partial charge in [0, 0.05) is 0 Å². The Morgan fingerprint density at radius 3 is 2.43 bits per heavy atom. The smallest absolute Gasteiger partial charge is 0.336 e. The first-order chi connectivity index (χ1) is 9.88. The molecule has 0 bridgehead atoms. The molecule has 2 aromatic rings. The predicted octanol–water partition coefficient (Wildman–Crippen LogP) is 4.40. The van der Waals surface area contributed by atoms with Crippen LogP contribution in [0.4, 0.5) is 0 Å². The number of rotatable bonds is 3. The first-order valence-corrected chi connectivity index (χ1v) is 7.19. The molecule has 0 saturated carbocycles. The number of aryl methyl sites for hydroxylation is 2. The van der Waals surface area contributed by atoms with Crippen molar-refractivity contribution in [2.75, 3.05) is 0 Å². The Labute approximate surface area is 131 Å². The zero-order valence-corrected chi connectivity index (χ0v) is 13.3. The lowest BCUT2D eigenvalue weighted by Crippen LogP contribution is -2.01. The highest BCUT2D eigenvalue weighted by atomic mass is 79.9. The van der Waals surface area contributed by atoms with E-state index in [1.165, 1.54) is 6.07 Å². The van der Waals surface area contributed by atoms with Gasteiger partial charge in [-0.25, -0.2) is 4.79 Å². The lowest BCUT2D eigenvalue weighted by molar-refractivity contribution is -0.130. The van der Waals surface area contributed by atoms with Crippen molar-refractivity contribution in [1.82, 2.24) is 0 Å². The van der Waals surface area contributed by atoms with Gasteiger partial charge in [-0.15, -0.1) is 0 Å². The lowest BCUT2D eigenvalue weighted by atomic mass is 9.97. The summed E-state index contributed by atoms with van der Waals surface area (Å²) in [6.07, 6.45) is 1.60. The van der Waals surface area contributed by atoms with Crippen LogP contribution < -0.4 is 0 Å². The van der Waals surface area contributed by atoms with Crippen LogP contribution in [0.3, 0.4) is 0 Å². The molecule has 0 aliphatic rings. The van der Waals surface area contributed by atoms with Crippen molar-refractivity contribution in [3.8, 4) is 5.75 Å². The second kappa shape index (κ2) is 6.14. The van der Waals surface area contributed by atoms with E-state index in [4.69, 9.17) is 0 Å². The molecule has 4 heteroatoms. The van der Waals surface area contributed by atoms with Crippen molar-refractivity contribution in [3.05, 3.63) is 63.1 Å². The monoisotopic (exact) mass is 346 g/mol. The third kappa shape index (κ3) is 3.52. The standard InChI is InChI=1S/C17H15BrO3/c1-10-3-5-13(11(2)7-10)14(17(20)21)8-12-4-6-16(19)15(18)9-12/h3-9,19H,1-2H3,(H,20,21)/b14-8-. The number of phenolic OH excluding ortho intramolecular Hbond substituents is 1. The van der Waals surface area contributed by atoms with Gasteiger partial charge in [-0.05, 0) is 64.7 Å². The minimum absolute atomic E-state index is 0.121. The van der Waals surface area contributed by atoms with Crippen molar-refractivity contribution < 1.29 is 15.0 Å². The predicted molar refractivity (Wildman–Crippen MR) is 87.2 cm³/mol. The second-order valence-electron chi connectivity index (χ2n) is 4.89. The first kappa shape index (κ1) is 15.3. The van der Waals surface area contributed by atoms with Crippen LogP contribution in [-0.2, 0) is 4.79 Å². The molecule has 0 heterocycles. The van der Waals surface area contributed by atoms with Gasteiger partial charge in [0.15, 0.2) is 0 Å². The maximum atomic E-state index is 11.6. The molecule has 108 valence electrons. The molecule has 3 nitrogen and oxygen atoms in total.